The van der Waals surface area contributed by atoms with E-state index in [9.17, 15) is 14.0 Å². The van der Waals surface area contributed by atoms with E-state index in [1.54, 1.807) is 6.92 Å². The topological polar surface area (TPSA) is 72.2 Å². The van der Waals surface area contributed by atoms with Crippen LogP contribution >= 0.6 is 0 Å². The average molecular weight is 218 g/mol. The molecule has 0 aliphatic rings. The fourth-order valence-electron chi connectivity index (χ4n) is 1.07. The van der Waals surface area contributed by atoms with Gasteiger partial charge in [-0.3, -0.25) is 9.59 Å². The molecule has 4 nitrogen and oxygen atoms in total. The molecule has 0 radical (unpaired) electrons. The monoisotopic (exact) mass is 218 g/mol. The van der Waals surface area contributed by atoms with Gasteiger partial charge >= 0.3 is 0 Å². The molecule has 0 aromatic carbocycles. The van der Waals surface area contributed by atoms with E-state index in [0.717, 1.165) is 0 Å². The number of halogens is 1. The van der Waals surface area contributed by atoms with Crippen molar-refractivity contribution in [3.63, 3.8) is 0 Å². The maximum absolute atomic E-state index is 12.1. The zero-order valence-electron chi connectivity index (χ0n) is 9.42. The fraction of sp³-hybridized carbons (Fsp3) is 0.800. The molecule has 0 heterocycles. The molecule has 0 saturated heterocycles. The highest BCUT2D eigenvalue weighted by atomic mass is 19.1. The lowest BCUT2D eigenvalue weighted by Crippen LogP contribution is -2.50. The Morgan fingerprint density at radius 1 is 1.40 bits per heavy atom. The zero-order valence-corrected chi connectivity index (χ0v) is 9.42. The summed E-state index contributed by atoms with van der Waals surface area (Å²) in [6, 6.07) is -1.42. The van der Waals surface area contributed by atoms with Crippen LogP contribution < -0.4 is 11.1 Å². The SMILES string of the molecule is CCC(NC(=O)C(N)C(C)C)C(=O)CF. The number of hydrogen-bond acceptors (Lipinski definition) is 3. The predicted octanol–water partition coefficient (Wildman–Crippen LogP) is 0.403. The molecule has 88 valence electrons. The lowest BCUT2D eigenvalue weighted by atomic mass is 10.0. The second-order valence-electron chi connectivity index (χ2n) is 3.84. The number of alkyl halides is 1. The molecule has 0 aliphatic heterocycles. The molecule has 0 saturated carbocycles. The minimum atomic E-state index is -1.06. The van der Waals surface area contributed by atoms with Crippen LogP contribution in [0.4, 0.5) is 4.39 Å². The molecule has 15 heavy (non-hydrogen) atoms. The van der Waals surface area contributed by atoms with Gasteiger partial charge in [-0.15, -0.1) is 0 Å². The van der Waals surface area contributed by atoms with Crippen molar-refractivity contribution in [2.75, 3.05) is 6.67 Å². The molecule has 3 N–H and O–H groups in total. The van der Waals surface area contributed by atoms with Gasteiger partial charge in [0, 0.05) is 0 Å². The highest BCUT2D eigenvalue weighted by Crippen LogP contribution is 2.00. The minimum absolute atomic E-state index is 0.0111. The quantitative estimate of drug-likeness (QED) is 0.678. The molecule has 0 bridgehead atoms. The van der Waals surface area contributed by atoms with E-state index in [1.165, 1.54) is 0 Å². The Morgan fingerprint density at radius 2 is 1.93 bits per heavy atom. The van der Waals surface area contributed by atoms with Gasteiger partial charge in [0.1, 0.15) is 6.67 Å². The van der Waals surface area contributed by atoms with Crippen LogP contribution in [-0.4, -0.2) is 30.4 Å². The lowest BCUT2D eigenvalue weighted by Gasteiger charge is -2.19. The Bertz CT molecular complexity index is 231. The average Bonchev–Trinajstić information content (AvgIpc) is 2.22. The van der Waals surface area contributed by atoms with E-state index >= 15 is 0 Å². The first-order valence-corrected chi connectivity index (χ1v) is 5.08. The van der Waals surface area contributed by atoms with Gasteiger partial charge in [0.25, 0.3) is 0 Å². The van der Waals surface area contributed by atoms with Gasteiger partial charge < -0.3 is 11.1 Å². The van der Waals surface area contributed by atoms with Crippen LogP contribution in [0.25, 0.3) is 0 Å². The summed E-state index contributed by atoms with van der Waals surface area (Å²) in [4.78, 5) is 22.5. The Hall–Kier alpha value is -0.970. The summed E-state index contributed by atoms with van der Waals surface area (Å²) in [6.07, 6.45) is 0.374. The second-order valence-corrected chi connectivity index (χ2v) is 3.84. The van der Waals surface area contributed by atoms with Crippen LogP contribution in [0, 0.1) is 5.92 Å². The summed E-state index contributed by atoms with van der Waals surface area (Å²) < 4.78 is 12.1. The van der Waals surface area contributed by atoms with E-state index in [1.807, 2.05) is 13.8 Å². The van der Waals surface area contributed by atoms with E-state index in [4.69, 9.17) is 5.73 Å². The molecule has 0 spiro atoms. The summed E-state index contributed by atoms with van der Waals surface area (Å²) in [5.74, 6) is -1.02. The first-order chi connectivity index (χ1) is 6.93. The number of Topliss-reactive ketones (excluding diaryl/α,β-unsaturated/α-hetero) is 1. The van der Waals surface area contributed by atoms with Crippen molar-refractivity contribution in [1.82, 2.24) is 5.32 Å². The third-order valence-electron chi connectivity index (χ3n) is 2.27. The second kappa shape index (κ2) is 6.50. The largest absolute Gasteiger partial charge is 0.345 e. The third-order valence-corrected chi connectivity index (χ3v) is 2.27. The van der Waals surface area contributed by atoms with E-state index in [2.05, 4.69) is 5.32 Å². The number of hydrogen-bond donors (Lipinski definition) is 2. The van der Waals surface area contributed by atoms with Crippen LogP contribution in [0.3, 0.4) is 0 Å². The minimum Gasteiger partial charge on any atom is -0.345 e. The van der Waals surface area contributed by atoms with Crippen molar-refractivity contribution in [3.05, 3.63) is 0 Å². The van der Waals surface area contributed by atoms with Crippen LogP contribution in [0.15, 0.2) is 0 Å². The highest BCUT2D eigenvalue weighted by Gasteiger charge is 2.23. The summed E-state index contributed by atoms with van der Waals surface area (Å²) in [5.41, 5.74) is 5.59. The van der Waals surface area contributed by atoms with Gasteiger partial charge in [-0.2, -0.15) is 0 Å². The van der Waals surface area contributed by atoms with Crippen molar-refractivity contribution in [2.45, 2.75) is 39.3 Å². The number of rotatable bonds is 6. The van der Waals surface area contributed by atoms with E-state index in [0.29, 0.717) is 6.42 Å². The first-order valence-electron chi connectivity index (χ1n) is 5.08. The standard InChI is InChI=1S/C10H19FN2O2/c1-4-7(8(14)5-11)13-10(15)9(12)6(2)3/h6-7,9H,4-5,12H2,1-3H3,(H,13,15). The van der Waals surface area contributed by atoms with Gasteiger partial charge in [0.2, 0.25) is 5.91 Å². The maximum atomic E-state index is 12.1. The third kappa shape index (κ3) is 4.38. The lowest BCUT2D eigenvalue weighted by molar-refractivity contribution is -0.129. The van der Waals surface area contributed by atoms with E-state index < -0.39 is 30.4 Å². The Balaban J connectivity index is 4.30. The van der Waals surface area contributed by atoms with E-state index in [-0.39, 0.29) is 5.92 Å². The van der Waals surface area contributed by atoms with Gasteiger partial charge in [0.15, 0.2) is 5.78 Å². The van der Waals surface area contributed by atoms with Crippen molar-refractivity contribution in [2.24, 2.45) is 11.7 Å². The number of carbonyl (C=O) groups excluding carboxylic acids is 2. The first kappa shape index (κ1) is 14.0. The van der Waals surface area contributed by atoms with Gasteiger partial charge in [0.05, 0.1) is 12.1 Å². The van der Waals surface area contributed by atoms with Crippen LogP contribution in [0.2, 0.25) is 0 Å². The molecular weight excluding hydrogens is 199 g/mol. The van der Waals surface area contributed by atoms with Crippen LogP contribution in [0.1, 0.15) is 27.2 Å². The summed E-state index contributed by atoms with van der Waals surface area (Å²) in [5, 5.41) is 2.45. The molecule has 0 aromatic rings. The Morgan fingerprint density at radius 3 is 2.27 bits per heavy atom. The number of amides is 1. The number of nitrogens with two attached hydrogens (primary N) is 1. The normalized spacial score (nSPS) is 14.8. The maximum Gasteiger partial charge on any atom is 0.237 e. The van der Waals surface area contributed by atoms with Gasteiger partial charge in [-0.1, -0.05) is 20.8 Å². The van der Waals surface area contributed by atoms with Crippen molar-refractivity contribution < 1.29 is 14.0 Å². The van der Waals surface area contributed by atoms with Crippen LogP contribution in [-0.2, 0) is 9.59 Å². The Kier molecular flexibility index (Phi) is 6.08. The van der Waals surface area contributed by atoms with Crippen LogP contribution in [0.5, 0.6) is 0 Å². The van der Waals surface area contributed by atoms with Crippen molar-refractivity contribution >= 4 is 11.7 Å². The van der Waals surface area contributed by atoms with Gasteiger partial charge in [-0.25, -0.2) is 4.39 Å². The predicted molar refractivity (Wildman–Crippen MR) is 56.0 cm³/mol. The number of nitrogens with one attached hydrogen (secondary N) is 1. The number of carbonyl (C=O) groups is 2. The molecule has 2 atom stereocenters. The Labute approximate surface area is 89.4 Å². The smallest absolute Gasteiger partial charge is 0.237 e. The molecular formula is C10H19FN2O2. The number of ketones is 1. The molecule has 5 heteroatoms. The zero-order chi connectivity index (χ0) is 12.0. The molecule has 2 unspecified atom stereocenters. The molecule has 1 amide bonds. The molecule has 0 aromatic heterocycles. The van der Waals surface area contributed by atoms with Gasteiger partial charge in [-0.05, 0) is 12.3 Å². The molecule has 0 aliphatic carbocycles. The molecule has 0 fully saturated rings. The fourth-order valence-corrected chi connectivity index (χ4v) is 1.07. The van der Waals surface area contributed by atoms with Crippen molar-refractivity contribution in [3.8, 4) is 0 Å². The van der Waals surface area contributed by atoms with Crippen molar-refractivity contribution in [1.29, 1.82) is 0 Å². The summed E-state index contributed by atoms with van der Waals surface area (Å²) in [7, 11) is 0. The highest BCUT2D eigenvalue weighted by molar-refractivity contribution is 5.91. The molecule has 0 rings (SSSR count). The summed E-state index contributed by atoms with van der Waals surface area (Å²) in [6.45, 7) is 4.26. The summed E-state index contributed by atoms with van der Waals surface area (Å²) >= 11 is 0.